The quantitative estimate of drug-likeness (QED) is 0.827. The number of likely N-dealkylation sites (N-methyl/N-ethyl adjacent to an activating group) is 1. The average Bonchev–Trinajstić information content (AvgIpc) is 2.85. The fourth-order valence-electron chi connectivity index (χ4n) is 2.14. The van der Waals surface area contributed by atoms with Crippen molar-refractivity contribution in [3.8, 4) is 0 Å². The minimum Gasteiger partial charge on any atom is -0.468 e. The van der Waals surface area contributed by atoms with Gasteiger partial charge in [0.25, 0.3) is 0 Å². The molecular weight excluding hydrogens is 236 g/mol. The molecule has 0 aliphatic heterocycles. The van der Waals surface area contributed by atoms with Crippen molar-refractivity contribution >= 4 is 0 Å². The third-order valence-corrected chi connectivity index (χ3v) is 3.24. The Morgan fingerprint density at radius 1 is 1.16 bits per heavy atom. The Hall–Kier alpha value is -1.58. The highest BCUT2D eigenvalue weighted by Gasteiger charge is 2.08. The van der Waals surface area contributed by atoms with Crippen LogP contribution in [0, 0.1) is 0 Å². The Labute approximate surface area is 115 Å². The van der Waals surface area contributed by atoms with Gasteiger partial charge in [-0.25, -0.2) is 0 Å². The van der Waals surface area contributed by atoms with Gasteiger partial charge >= 0.3 is 0 Å². The predicted octanol–water partition coefficient (Wildman–Crippen LogP) is 2.67. The van der Waals surface area contributed by atoms with Gasteiger partial charge in [0, 0.05) is 18.7 Å². The zero-order chi connectivity index (χ0) is 13.5. The fraction of sp³-hybridized carbons (Fsp3) is 0.375. The molecule has 102 valence electrons. The van der Waals surface area contributed by atoms with Crippen molar-refractivity contribution < 1.29 is 4.42 Å². The molecule has 0 aliphatic carbocycles. The molecule has 1 aromatic carbocycles. The third kappa shape index (κ3) is 4.23. The summed E-state index contributed by atoms with van der Waals surface area (Å²) in [4.78, 5) is 2.30. The minimum atomic E-state index is 0.858. The van der Waals surface area contributed by atoms with E-state index in [4.69, 9.17) is 4.42 Å². The van der Waals surface area contributed by atoms with E-state index in [1.54, 1.807) is 6.26 Å². The van der Waals surface area contributed by atoms with E-state index in [0.29, 0.717) is 0 Å². The molecule has 0 spiro atoms. The minimum absolute atomic E-state index is 0.858. The Bertz CT molecular complexity index is 479. The molecule has 0 bridgehead atoms. The lowest BCUT2D eigenvalue weighted by Crippen LogP contribution is -2.21. The zero-order valence-corrected chi connectivity index (χ0v) is 11.7. The summed E-state index contributed by atoms with van der Waals surface area (Å²) in [6, 6.07) is 12.6. The van der Waals surface area contributed by atoms with Crippen LogP contribution >= 0.6 is 0 Å². The molecule has 0 aliphatic rings. The molecule has 1 N–H and O–H groups in total. The maximum atomic E-state index is 5.56. The SMILES string of the molecule is CNCc1ccoc1CN(C)CCc1ccccc1. The highest BCUT2D eigenvalue weighted by molar-refractivity contribution is 5.17. The molecule has 1 aromatic heterocycles. The molecule has 0 unspecified atom stereocenters. The van der Waals surface area contributed by atoms with E-state index < -0.39 is 0 Å². The first-order valence-electron chi connectivity index (χ1n) is 6.72. The van der Waals surface area contributed by atoms with Gasteiger partial charge in [-0.15, -0.1) is 0 Å². The van der Waals surface area contributed by atoms with Crippen molar-refractivity contribution in [1.82, 2.24) is 10.2 Å². The third-order valence-electron chi connectivity index (χ3n) is 3.24. The van der Waals surface area contributed by atoms with E-state index in [0.717, 1.165) is 31.8 Å². The van der Waals surface area contributed by atoms with Gasteiger partial charge in [-0.1, -0.05) is 30.3 Å². The van der Waals surface area contributed by atoms with Crippen LogP contribution in [-0.4, -0.2) is 25.5 Å². The molecule has 19 heavy (non-hydrogen) atoms. The van der Waals surface area contributed by atoms with Gasteiger partial charge in [0.1, 0.15) is 5.76 Å². The summed E-state index contributed by atoms with van der Waals surface area (Å²) in [5, 5.41) is 3.16. The number of rotatable bonds is 7. The maximum Gasteiger partial charge on any atom is 0.122 e. The van der Waals surface area contributed by atoms with Crippen molar-refractivity contribution in [2.24, 2.45) is 0 Å². The van der Waals surface area contributed by atoms with Gasteiger partial charge in [0.05, 0.1) is 12.8 Å². The zero-order valence-electron chi connectivity index (χ0n) is 11.7. The Morgan fingerprint density at radius 3 is 2.68 bits per heavy atom. The van der Waals surface area contributed by atoms with Gasteiger partial charge < -0.3 is 9.73 Å². The molecule has 2 aromatic rings. The molecule has 0 amide bonds. The van der Waals surface area contributed by atoms with Crippen LogP contribution in [0.1, 0.15) is 16.9 Å². The Morgan fingerprint density at radius 2 is 1.95 bits per heavy atom. The van der Waals surface area contributed by atoms with Gasteiger partial charge in [0.2, 0.25) is 0 Å². The number of nitrogens with one attached hydrogen (secondary N) is 1. The summed E-state index contributed by atoms with van der Waals surface area (Å²) in [7, 11) is 4.09. The lowest BCUT2D eigenvalue weighted by Gasteiger charge is -2.16. The summed E-state index contributed by atoms with van der Waals surface area (Å²) in [6.45, 7) is 2.75. The second-order valence-electron chi connectivity index (χ2n) is 4.87. The number of hydrogen-bond donors (Lipinski definition) is 1. The molecule has 0 fully saturated rings. The number of benzene rings is 1. The normalized spacial score (nSPS) is 11.1. The van der Waals surface area contributed by atoms with E-state index >= 15 is 0 Å². The maximum absolute atomic E-state index is 5.56. The van der Waals surface area contributed by atoms with Crippen LogP contribution in [0.4, 0.5) is 0 Å². The molecule has 2 rings (SSSR count). The standard InChI is InChI=1S/C16H22N2O/c1-17-12-15-9-11-19-16(15)13-18(2)10-8-14-6-4-3-5-7-14/h3-7,9,11,17H,8,10,12-13H2,1-2H3. The summed E-state index contributed by atoms with van der Waals surface area (Å²) in [6.07, 6.45) is 2.84. The van der Waals surface area contributed by atoms with Gasteiger partial charge in [-0.3, -0.25) is 4.90 Å². The molecule has 0 atom stereocenters. The first-order chi connectivity index (χ1) is 9.29. The van der Waals surface area contributed by atoms with Gasteiger partial charge in [-0.2, -0.15) is 0 Å². The molecule has 0 radical (unpaired) electrons. The van der Waals surface area contributed by atoms with E-state index in [1.807, 2.05) is 13.1 Å². The van der Waals surface area contributed by atoms with E-state index in [2.05, 4.69) is 47.6 Å². The van der Waals surface area contributed by atoms with Crippen molar-refractivity contribution in [1.29, 1.82) is 0 Å². The van der Waals surface area contributed by atoms with Crippen molar-refractivity contribution in [2.75, 3.05) is 20.6 Å². The van der Waals surface area contributed by atoms with Crippen LogP contribution in [0.3, 0.4) is 0 Å². The Balaban J connectivity index is 1.84. The van der Waals surface area contributed by atoms with Crippen LogP contribution in [-0.2, 0) is 19.5 Å². The van der Waals surface area contributed by atoms with Crippen molar-refractivity contribution in [3.05, 3.63) is 59.5 Å². The van der Waals surface area contributed by atoms with E-state index in [-0.39, 0.29) is 0 Å². The number of furan rings is 1. The van der Waals surface area contributed by atoms with Crippen molar-refractivity contribution in [3.63, 3.8) is 0 Å². The largest absolute Gasteiger partial charge is 0.468 e. The van der Waals surface area contributed by atoms with Crippen LogP contribution in [0.15, 0.2) is 47.1 Å². The predicted molar refractivity (Wildman–Crippen MR) is 78.0 cm³/mol. The second-order valence-corrected chi connectivity index (χ2v) is 4.87. The summed E-state index contributed by atoms with van der Waals surface area (Å²) < 4.78 is 5.56. The average molecular weight is 258 g/mol. The van der Waals surface area contributed by atoms with E-state index in [9.17, 15) is 0 Å². The molecule has 3 heteroatoms. The molecular formula is C16H22N2O. The number of hydrogen-bond acceptors (Lipinski definition) is 3. The van der Waals surface area contributed by atoms with Gasteiger partial charge in [-0.05, 0) is 32.1 Å². The van der Waals surface area contributed by atoms with Crippen LogP contribution < -0.4 is 5.32 Å². The summed E-state index contributed by atoms with van der Waals surface area (Å²) in [5.74, 6) is 1.06. The second kappa shape index (κ2) is 7.12. The topological polar surface area (TPSA) is 28.4 Å². The molecule has 1 heterocycles. The smallest absolute Gasteiger partial charge is 0.122 e. The summed E-state index contributed by atoms with van der Waals surface area (Å²) >= 11 is 0. The Kier molecular flexibility index (Phi) is 5.19. The monoisotopic (exact) mass is 258 g/mol. The van der Waals surface area contributed by atoms with Crippen LogP contribution in [0.2, 0.25) is 0 Å². The van der Waals surface area contributed by atoms with Crippen LogP contribution in [0.5, 0.6) is 0 Å². The molecule has 3 nitrogen and oxygen atoms in total. The lowest BCUT2D eigenvalue weighted by molar-refractivity contribution is 0.296. The first kappa shape index (κ1) is 13.8. The number of nitrogens with zero attached hydrogens (tertiary/aromatic N) is 1. The van der Waals surface area contributed by atoms with Gasteiger partial charge in [0.15, 0.2) is 0 Å². The lowest BCUT2D eigenvalue weighted by atomic mass is 10.1. The highest BCUT2D eigenvalue weighted by atomic mass is 16.3. The van der Waals surface area contributed by atoms with Crippen molar-refractivity contribution in [2.45, 2.75) is 19.5 Å². The molecule has 0 saturated heterocycles. The van der Waals surface area contributed by atoms with E-state index in [1.165, 1.54) is 11.1 Å². The first-order valence-corrected chi connectivity index (χ1v) is 6.72. The van der Waals surface area contributed by atoms with Crippen LogP contribution in [0.25, 0.3) is 0 Å². The fourth-order valence-corrected chi connectivity index (χ4v) is 2.14. The summed E-state index contributed by atoms with van der Waals surface area (Å²) in [5.41, 5.74) is 2.62. The highest BCUT2D eigenvalue weighted by Crippen LogP contribution is 2.13. The molecule has 0 saturated carbocycles.